The number of hydrogen-bond acceptors (Lipinski definition) is 7. The number of sulfonamides is 1. The molecule has 1 aromatic heterocycles. The number of rotatable bonds is 3. The summed E-state index contributed by atoms with van der Waals surface area (Å²) < 4.78 is 38.5. The van der Waals surface area contributed by atoms with Gasteiger partial charge in [-0.3, -0.25) is 4.79 Å². The summed E-state index contributed by atoms with van der Waals surface area (Å²) in [6, 6.07) is 4.03. The predicted octanol–water partition coefficient (Wildman–Crippen LogP) is -0.581. The highest BCUT2D eigenvalue weighted by Gasteiger charge is 2.42. The van der Waals surface area contributed by atoms with E-state index in [0.717, 1.165) is 6.20 Å². The predicted molar refractivity (Wildman–Crippen MR) is 91.5 cm³/mol. The summed E-state index contributed by atoms with van der Waals surface area (Å²) in [4.78, 5) is 26.0. The number of aromatic amines is 1. The molecule has 10 heteroatoms. The number of carboxylic acids is 1. The standard InChI is InChI=1S/C17H18N2O7S/c20-15-12-9-11(1-2-14(12)18-10-13(15)16(21)22)27(23,24)19-5-3-17(4-6-19)25-7-8-26-17/h1-2,9-10H,3-8H2,(H,18,20)(H,21,22)/p-1. The van der Waals surface area contributed by atoms with Crippen LogP contribution in [-0.2, 0) is 19.5 Å². The molecule has 0 saturated carbocycles. The number of aromatic carboxylic acids is 1. The molecular formula is C17H17N2O7S-. The fourth-order valence-electron chi connectivity index (χ4n) is 3.51. The van der Waals surface area contributed by atoms with Crippen molar-refractivity contribution in [3.8, 4) is 0 Å². The second-order valence-electron chi connectivity index (χ2n) is 6.54. The first kappa shape index (κ1) is 18.1. The van der Waals surface area contributed by atoms with Gasteiger partial charge in [-0.15, -0.1) is 0 Å². The van der Waals surface area contributed by atoms with Gasteiger partial charge in [0.15, 0.2) is 11.2 Å². The molecule has 1 spiro atoms. The molecule has 4 rings (SSSR count). The Balaban J connectivity index is 1.67. The molecule has 0 radical (unpaired) electrons. The van der Waals surface area contributed by atoms with Gasteiger partial charge in [0.25, 0.3) is 0 Å². The normalized spacial score (nSPS) is 20.3. The molecule has 0 unspecified atom stereocenters. The van der Waals surface area contributed by atoms with Gasteiger partial charge in [0, 0.05) is 43.0 Å². The van der Waals surface area contributed by atoms with Gasteiger partial charge < -0.3 is 24.4 Å². The Morgan fingerprint density at radius 2 is 1.85 bits per heavy atom. The molecule has 2 aromatic rings. The molecule has 144 valence electrons. The summed E-state index contributed by atoms with van der Waals surface area (Å²) in [5, 5.41) is 11.0. The molecule has 27 heavy (non-hydrogen) atoms. The number of fused-ring (bicyclic) bond motifs is 1. The third kappa shape index (κ3) is 3.04. The largest absolute Gasteiger partial charge is 0.545 e. The van der Waals surface area contributed by atoms with E-state index >= 15 is 0 Å². The number of carbonyl (C=O) groups is 1. The molecule has 2 aliphatic heterocycles. The molecule has 0 amide bonds. The zero-order chi connectivity index (χ0) is 19.2. The molecule has 3 heterocycles. The smallest absolute Gasteiger partial charge is 0.243 e. The van der Waals surface area contributed by atoms with Crippen LogP contribution in [0, 0.1) is 0 Å². The van der Waals surface area contributed by atoms with E-state index in [1.54, 1.807) is 0 Å². The summed E-state index contributed by atoms with van der Waals surface area (Å²) >= 11 is 0. The van der Waals surface area contributed by atoms with Crippen molar-refractivity contribution in [1.82, 2.24) is 9.29 Å². The van der Waals surface area contributed by atoms with E-state index in [9.17, 15) is 23.1 Å². The minimum atomic E-state index is -3.84. The highest BCUT2D eigenvalue weighted by Crippen LogP contribution is 2.33. The number of ether oxygens (including phenoxy) is 2. The molecule has 2 aliphatic rings. The Morgan fingerprint density at radius 3 is 2.48 bits per heavy atom. The summed E-state index contributed by atoms with van der Waals surface area (Å²) in [6.45, 7) is 1.47. The highest BCUT2D eigenvalue weighted by molar-refractivity contribution is 7.89. The van der Waals surface area contributed by atoms with E-state index in [0.29, 0.717) is 31.6 Å². The van der Waals surface area contributed by atoms with Crippen molar-refractivity contribution in [3.05, 3.63) is 40.2 Å². The molecule has 9 nitrogen and oxygen atoms in total. The number of benzene rings is 1. The minimum Gasteiger partial charge on any atom is -0.545 e. The van der Waals surface area contributed by atoms with Crippen molar-refractivity contribution in [2.45, 2.75) is 23.5 Å². The average molecular weight is 393 g/mol. The van der Waals surface area contributed by atoms with Crippen LogP contribution in [-0.4, -0.2) is 55.8 Å². The van der Waals surface area contributed by atoms with Crippen LogP contribution in [0.5, 0.6) is 0 Å². The van der Waals surface area contributed by atoms with Crippen LogP contribution in [0.25, 0.3) is 10.9 Å². The maximum atomic E-state index is 13.0. The maximum absolute atomic E-state index is 13.0. The fourth-order valence-corrected chi connectivity index (χ4v) is 4.98. The molecule has 1 N–H and O–H groups in total. The second kappa shape index (κ2) is 6.41. The number of piperidine rings is 1. The number of carboxylic acid groups (broad SMARTS) is 1. The topological polar surface area (TPSA) is 129 Å². The number of H-pyrrole nitrogens is 1. The zero-order valence-corrected chi connectivity index (χ0v) is 15.1. The van der Waals surface area contributed by atoms with E-state index in [1.165, 1.54) is 22.5 Å². The van der Waals surface area contributed by atoms with Crippen LogP contribution in [0.2, 0.25) is 0 Å². The quantitative estimate of drug-likeness (QED) is 0.738. The Bertz CT molecular complexity index is 1060. The molecule has 0 aliphatic carbocycles. The summed E-state index contributed by atoms with van der Waals surface area (Å²) in [5.41, 5.74) is -0.993. The van der Waals surface area contributed by atoms with Gasteiger partial charge in [-0.1, -0.05) is 0 Å². The fraction of sp³-hybridized carbons (Fsp3) is 0.412. The Kier molecular flexibility index (Phi) is 4.30. The molecule has 2 saturated heterocycles. The average Bonchev–Trinajstić information content (AvgIpc) is 3.10. The molecule has 0 bridgehead atoms. The molecule has 1 aromatic carbocycles. The van der Waals surface area contributed by atoms with Crippen LogP contribution in [0.15, 0.2) is 34.1 Å². The van der Waals surface area contributed by atoms with Gasteiger partial charge in [-0.05, 0) is 18.2 Å². The van der Waals surface area contributed by atoms with Crippen LogP contribution in [0.3, 0.4) is 0 Å². The lowest BCUT2D eigenvalue weighted by molar-refractivity contribution is -0.255. The molecular weight excluding hydrogens is 376 g/mol. The Morgan fingerprint density at radius 1 is 1.19 bits per heavy atom. The first-order valence-electron chi connectivity index (χ1n) is 8.47. The van der Waals surface area contributed by atoms with Crippen LogP contribution >= 0.6 is 0 Å². The summed E-state index contributed by atoms with van der Waals surface area (Å²) in [6.07, 6.45) is 1.89. The van der Waals surface area contributed by atoms with E-state index in [1.807, 2.05) is 0 Å². The zero-order valence-electron chi connectivity index (χ0n) is 14.3. The van der Waals surface area contributed by atoms with Crippen molar-refractivity contribution < 1.29 is 27.8 Å². The number of carbonyl (C=O) groups excluding carboxylic acids is 1. The van der Waals surface area contributed by atoms with Gasteiger partial charge >= 0.3 is 0 Å². The molecule has 0 atom stereocenters. The number of nitrogens with zero attached hydrogens (tertiary/aromatic N) is 1. The summed E-state index contributed by atoms with van der Waals surface area (Å²) in [5.74, 6) is -2.32. The van der Waals surface area contributed by atoms with Gasteiger partial charge in [-0.2, -0.15) is 4.31 Å². The number of pyridine rings is 1. The van der Waals surface area contributed by atoms with Gasteiger partial charge in [0.1, 0.15) is 0 Å². The van der Waals surface area contributed by atoms with E-state index in [4.69, 9.17) is 9.47 Å². The van der Waals surface area contributed by atoms with Gasteiger partial charge in [0.2, 0.25) is 10.0 Å². The van der Waals surface area contributed by atoms with E-state index in [2.05, 4.69) is 4.98 Å². The van der Waals surface area contributed by atoms with E-state index < -0.39 is 32.8 Å². The van der Waals surface area contributed by atoms with Crippen molar-refractivity contribution in [3.63, 3.8) is 0 Å². The lowest BCUT2D eigenvalue weighted by atomic mass is 10.1. The number of aromatic nitrogens is 1. The maximum Gasteiger partial charge on any atom is 0.243 e. The summed E-state index contributed by atoms with van der Waals surface area (Å²) in [7, 11) is -3.84. The lowest BCUT2D eigenvalue weighted by Crippen LogP contribution is -2.47. The SMILES string of the molecule is O=C([O-])c1c[nH]c2ccc(S(=O)(=O)N3CCC4(CC3)OCCO4)cc2c1=O. The van der Waals surface area contributed by atoms with Gasteiger partial charge in [0.05, 0.1) is 29.6 Å². The minimum absolute atomic E-state index is 0.0197. The van der Waals surface area contributed by atoms with E-state index in [-0.39, 0.29) is 23.4 Å². The van der Waals surface area contributed by atoms with Crippen molar-refractivity contribution in [2.75, 3.05) is 26.3 Å². The monoisotopic (exact) mass is 393 g/mol. The number of hydrogen-bond donors (Lipinski definition) is 1. The number of nitrogens with one attached hydrogen (secondary N) is 1. The van der Waals surface area contributed by atoms with Crippen molar-refractivity contribution in [1.29, 1.82) is 0 Å². The molecule has 2 fully saturated rings. The van der Waals surface area contributed by atoms with Crippen molar-refractivity contribution in [2.24, 2.45) is 0 Å². The van der Waals surface area contributed by atoms with Crippen molar-refractivity contribution >= 4 is 26.9 Å². The first-order valence-corrected chi connectivity index (χ1v) is 9.91. The second-order valence-corrected chi connectivity index (χ2v) is 8.48. The van der Waals surface area contributed by atoms with Crippen LogP contribution < -0.4 is 10.5 Å². The third-order valence-corrected chi connectivity index (χ3v) is 6.90. The highest BCUT2D eigenvalue weighted by atomic mass is 32.2. The van der Waals surface area contributed by atoms with Crippen LogP contribution in [0.1, 0.15) is 23.2 Å². The van der Waals surface area contributed by atoms with Gasteiger partial charge in [-0.25, -0.2) is 8.42 Å². The Hall–Kier alpha value is -2.27. The van der Waals surface area contributed by atoms with Crippen LogP contribution in [0.4, 0.5) is 0 Å². The lowest BCUT2D eigenvalue weighted by Gasteiger charge is -2.36. The Labute approximate surface area is 154 Å². The first-order chi connectivity index (χ1) is 12.8. The third-order valence-electron chi connectivity index (χ3n) is 5.01.